The van der Waals surface area contributed by atoms with Crippen molar-refractivity contribution in [3.8, 4) is 5.75 Å². The maximum absolute atomic E-state index is 12.8. The van der Waals surface area contributed by atoms with Crippen molar-refractivity contribution in [3.05, 3.63) is 64.8 Å². The zero-order valence-corrected chi connectivity index (χ0v) is 16.7. The van der Waals surface area contributed by atoms with Crippen LogP contribution in [0.15, 0.2) is 58.0 Å². The van der Waals surface area contributed by atoms with Gasteiger partial charge in [0.25, 0.3) is 0 Å². The molecule has 1 saturated heterocycles. The number of phenolic OH excluding ortho intramolecular Hbond substituents is 1. The quantitative estimate of drug-likeness (QED) is 0.392. The SMILES string of the molecule is C=C1C=CN([C@@H]2O[C@H](CO)C(O)[C@@H]2NC(=O)Cc2cc(=O)oc3cc(O)ccc23)C(=O)N1. The molecule has 168 valence electrons. The van der Waals surface area contributed by atoms with Crippen molar-refractivity contribution >= 4 is 22.9 Å². The molecule has 11 nitrogen and oxygen atoms in total. The number of aliphatic hydroxyl groups is 2. The van der Waals surface area contributed by atoms with Gasteiger partial charge < -0.3 is 35.1 Å². The Morgan fingerprint density at radius 1 is 1.28 bits per heavy atom. The number of rotatable bonds is 5. The van der Waals surface area contributed by atoms with Gasteiger partial charge in [0, 0.05) is 29.4 Å². The van der Waals surface area contributed by atoms with E-state index in [1.165, 1.54) is 36.5 Å². The third-order valence-corrected chi connectivity index (χ3v) is 5.26. The zero-order chi connectivity index (χ0) is 23.0. The van der Waals surface area contributed by atoms with Gasteiger partial charge in [0.05, 0.1) is 13.0 Å². The fraction of sp³-hybridized carbons (Fsp3) is 0.286. The van der Waals surface area contributed by atoms with Crippen molar-refractivity contribution < 1.29 is 34.1 Å². The van der Waals surface area contributed by atoms with Crippen LogP contribution in [0.4, 0.5) is 4.79 Å². The van der Waals surface area contributed by atoms with Crippen LogP contribution in [-0.2, 0) is 16.0 Å². The first-order valence-corrected chi connectivity index (χ1v) is 9.73. The van der Waals surface area contributed by atoms with Gasteiger partial charge in [-0.1, -0.05) is 6.58 Å². The normalized spacial score (nSPS) is 25.2. The lowest BCUT2D eigenvalue weighted by atomic mass is 10.0. The van der Waals surface area contributed by atoms with Crippen LogP contribution in [0.5, 0.6) is 5.75 Å². The van der Waals surface area contributed by atoms with E-state index in [2.05, 4.69) is 17.2 Å². The first-order valence-electron chi connectivity index (χ1n) is 9.73. The minimum Gasteiger partial charge on any atom is -0.508 e. The lowest BCUT2D eigenvalue weighted by molar-refractivity contribution is -0.122. The molecular formula is C21H21N3O8. The zero-order valence-electron chi connectivity index (χ0n) is 16.7. The Morgan fingerprint density at radius 2 is 2.06 bits per heavy atom. The number of amides is 3. The van der Waals surface area contributed by atoms with Crippen LogP contribution in [0.1, 0.15) is 5.56 Å². The Balaban J connectivity index is 1.58. The Morgan fingerprint density at radius 3 is 2.78 bits per heavy atom. The van der Waals surface area contributed by atoms with Crippen LogP contribution in [0.25, 0.3) is 11.0 Å². The van der Waals surface area contributed by atoms with Crippen molar-refractivity contribution in [2.45, 2.75) is 30.9 Å². The van der Waals surface area contributed by atoms with Crippen molar-refractivity contribution in [1.82, 2.24) is 15.5 Å². The standard InChI is InChI=1S/C21H21N3O8/c1-10-4-5-24(21(30)22-10)20-18(19(29)15(9-25)32-20)23-16(27)6-11-7-17(28)31-14-8-12(26)2-3-13(11)14/h2-5,7-8,15,18-20,25-26,29H,1,6,9H2,(H,22,30)(H,23,27)/t15-,18+,19?,20-/m1/s1. The Labute approximate surface area is 181 Å². The van der Waals surface area contributed by atoms with E-state index in [-0.39, 0.29) is 17.8 Å². The highest BCUT2D eigenvalue weighted by Crippen LogP contribution is 2.27. The summed E-state index contributed by atoms with van der Waals surface area (Å²) < 4.78 is 10.7. The van der Waals surface area contributed by atoms with Gasteiger partial charge in [-0.05, 0) is 23.8 Å². The molecule has 0 bridgehead atoms. The highest BCUT2D eigenvalue weighted by molar-refractivity contribution is 5.88. The molecule has 1 unspecified atom stereocenters. The Bertz CT molecular complexity index is 1170. The highest BCUT2D eigenvalue weighted by Gasteiger charge is 2.48. The number of carbonyl (C=O) groups excluding carboxylic acids is 2. The lowest BCUT2D eigenvalue weighted by Gasteiger charge is -2.32. The van der Waals surface area contributed by atoms with Gasteiger partial charge in [-0.15, -0.1) is 0 Å². The van der Waals surface area contributed by atoms with Crippen LogP contribution < -0.4 is 16.3 Å². The van der Waals surface area contributed by atoms with E-state index in [0.29, 0.717) is 16.6 Å². The summed E-state index contributed by atoms with van der Waals surface area (Å²) >= 11 is 0. The van der Waals surface area contributed by atoms with Crippen molar-refractivity contribution in [2.75, 3.05) is 6.61 Å². The van der Waals surface area contributed by atoms with Gasteiger partial charge in [0.1, 0.15) is 29.6 Å². The molecule has 2 aromatic rings. The predicted molar refractivity (Wildman–Crippen MR) is 110 cm³/mol. The molecule has 0 aliphatic carbocycles. The molecule has 0 spiro atoms. The maximum Gasteiger partial charge on any atom is 0.336 e. The van der Waals surface area contributed by atoms with Crippen molar-refractivity contribution in [3.63, 3.8) is 0 Å². The summed E-state index contributed by atoms with van der Waals surface area (Å²) in [5.74, 6) is -0.658. The number of carbonyl (C=O) groups is 2. The smallest absolute Gasteiger partial charge is 0.336 e. The summed E-state index contributed by atoms with van der Waals surface area (Å²) in [6.07, 6.45) is -0.734. The lowest BCUT2D eigenvalue weighted by Crippen LogP contribution is -2.56. The van der Waals surface area contributed by atoms with E-state index >= 15 is 0 Å². The van der Waals surface area contributed by atoms with Gasteiger partial charge in [-0.2, -0.15) is 0 Å². The second-order valence-electron chi connectivity index (χ2n) is 7.46. The summed E-state index contributed by atoms with van der Waals surface area (Å²) in [5.41, 5.74) is 0.149. The Kier molecular flexibility index (Phi) is 5.70. The van der Waals surface area contributed by atoms with Crippen LogP contribution in [0.3, 0.4) is 0 Å². The first-order chi connectivity index (χ1) is 15.3. The molecule has 0 radical (unpaired) electrons. The fourth-order valence-electron chi connectivity index (χ4n) is 3.75. The summed E-state index contributed by atoms with van der Waals surface area (Å²) in [6, 6.07) is 3.72. The van der Waals surface area contributed by atoms with Gasteiger partial charge in [-0.3, -0.25) is 9.69 Å². The predicted octanol–water partition coefficient (Wildman–Crippen LogP) is -0.343. The molecule has 5 N–H and O–H groups in total. The molecule has 3 amide bonds. The van der Waals surface area contributed by atoms with E-state index in [1.807, 2.05) is 0 Å². The van der Waals surface area contributed by atoms with Gasteiger partial charge in [0.15, 0.2) is 6.23 Å². The molecule has 1 aromatic heterocycles. The molecule has 1 aromatic carbocycles. The molecule has 2 aliphatic rings. The molecule has 2 aliphatic heterocycles. The average Bonchev–Trinajstić information content (AvgIpc) is 3.02. The number of hydrogen-bond donors (Lipinski definition) is 5. The molecule has 1 fully saturated rings. The fourth-order valence-corrected chi connectivity index (χ4v) is 3.75. The number of ether oxygens (including phenoxy) is 1. The number of phenols is 1. The molecular weight excluding hydrogens is 422 g/mol. The number of nitrogens with zero attached hydrogens (tertiary/aromatic N) is 1. The first kappa shape index (κ1) is 21.6. The molecule has 4 rings (SSSR count). The summed E-state index contributed by atoms with van der Waals surface area (Å²) in [5, 5.41) is 35.3. The summed E-state index contributed by atoms with van der Waals surface area (Å²) in [4.78, 5) is 38.2. The van der Waals surface area contributed by atoms with E-state index in [4.69, 9.17) is 9.15 Å². The van der Waals surface area contributed by atoms with Gasteiger partial charge in [0.2, 0.25) is 5.91 Å². The molecule has 32 heavy (non-hydrogen) atoms. The minimum atomic E-state index is -1.30. The number of benzene rings is 1. The number of allylic oxidation sites excluding steroid dienone is 1. The summed E-state index contributed by atoms with van der Waals surface area (Å²) in [7, 11) is 0. The second kappa shape index (κ2) is 8.46. The minimum absolute atomic E-state index is 0.0955. The summed E-state index contributed by atoms with van der Waals surface area (Å²) in [6.45, 7) is 3.11. The molecule has 4 atom stereocenters. The van der Waals surface area contributed by atoms with E-state index in [0.717, 1.165) is 4.90 Å². The van der Waals surface area contributed by atoms with Gasteiger partial charge in [-0.25, -0.2) is 9.59 Å². The topological polar surface area (TPSA) is 162 Å². The Hall–Kier alpha value is -3.67. The number of aliphatic hydroxyl groups excluding tert-OH is 2. The third-order valence-electron chi connectivity index (χ3n) is 5.26. The van der Waals surface area contributed by atoms with Crippen molar-refractivity contribution in [2.24, 2.45) is 0 Å². The number of urea groups is 1. The van der Waals surface area contributed by atoms with E-state index < -0.39 is 48.6 Å². The highest BCUT2D eigenvalue weighted by atomic mass is 16.5. The van der Waals surface area contributed by atoms with Crippen LogP contribution in [-0.4, -0.2) is 63.2 Å². The number of nitrogens with one attached hydrogen (secondary N) is 2. The van der Waals surface area contributed by atoms with Crippen LogP contribution >= 0.6 is 0 Å². The average molecular weight is 443 g/mol. The maximum atomic E-state index is 12.8. The van der Waals surface area contributed by atoms with E-state index in [1.54, 1.807) is 0 Å². The van der Waals surface area contributed by atoms with Crippen LogP contribution in [0, 0.1) is 0 Å². The third kappa shape index (κ3) is 4.08. The van der Waals surface area contributed by atoms with Crippen LogP contribution in [0.2, 0.25) is 0 Å². The van der Waals surface area contributed by atoms with E-state index in [9.17, 15) is 29.7 Å². The monoisotopic (exact) mass is 443 g/mol. The second-order valence-corrected chi connectivity index (χ2v) is 7.46. The molecule has 11 heteroatoms. The largest absolute Gasteiger partial charge is 0.508 e. The van der Waals surface area contributed by atoms with Gasteiger partial charge >= 0.3 is 11.7 Å². The number of hydrogen-bond acceptors (Lipinski definition) is 8. The number of fused-ring (bicyclic) bond motifs is 1. The number of aromatic hydroxyl groups is 1. The van der Waals surface area contributed by atoms with Crippen molar-refractivity contribution in [1.29, 1.82) is 0 Å². The molecule has 3 heterocycles. The molecule has 0 saturated carbocycles.